The van der Waals surface area contributed by atoms with Gasteiger partial charge in [0.15, 0.2) is 5.76 Å². The normalized spacial score (nSPS) is 11.6. The number of fused-ring (bicyclic) bond motifs is 2. The Hall–Kier alpha value is -4.13. The van der Waals surface area contributed by atoms with Gasteiger partial charge in [-0.25, -0.2) is 4.98 Å². The monoisotopic (exact) mass is 385 g/mol. The lowest BCUT2D eigenvalue weighted by Gasteiger charge is -2.06. The highest BCUT2D eigenvalue weighted by atomic mass is 16.5. The molecule has 5 aromatic rings. The third-order valence-corrected chi connectivity index (χ3v) is 4.56. The Kier molecular flexibility index (Phi) is 3.98. The minimum absolute atomic E-state index is 0.287. The summed E-state index contributed by atoms with van der Waals surface area (Å²) in [6.45, 7) is 0. The second-order valence-electron chi connectivity index (χ2n) is 6.31. The van der Waals surface area contributed by atoms with Crippen LogP contribution in [0.15, 0.2) is 85.7 Å². The zero-order valence-electron chi connectivity index (χ0n) is 15.4. The number of ether oxygens (including phenoxy) is 1. The number of para-hydroxylation sites is 1. The number of benzene rings is 2. The standard InChI is InChI=1S/C22H15N3O4/c1-27-18-9-4-10-19-16(18)12-20(29-19)21-24-17-8-3-2-7-15(17)22(26)25(21)23-13-14-6-5-11-28-14/h2-13H,1H3. The average molecular weight is 385 g/mol. The lowest BCUT2D eigenvalue weighted by molar-refractivity contribution is 0.419. The van der Waals surface area contributed by atoms with E-state index in [9.17, 15) is 4.79 Å². The van der Waals surface area contributed by atoms with Crippen LogP contribution in [0.4, 0.5) is 0 Å². The van der Waals surface area contributed by atoms with Crippen molar-refractivity contribution < 1.29 is 13.6 Å². The van der Waals surface area contributed by atoms with Gasteiger partial charge >= 0.3 is 0 Å². The molecular formula is C22H15N3O4. The van der Waals surface area contributed by atoms with Crippen LogP contribution >= 0.6 is 0 Å². The quantitative estimate of drug-likeness (QED) is 0.431. The first-order valence-corrected chi connectivity index (χ1v) is 8.91. The van der Waals surface area contributed by atoms with Crippen LogP contribution in [-0.2, 0) is 0 Å². The molecule has 0 aliphatic carbocycles. The van der Waals surface area contributed by atoms with Crippen LogP contribution in [-0.4, -0.2) is 23.0 Å². The molecule has 0 unspecified atom stereocenters. The summed E-state index contributed by atoms with van der Waals surface area (Å²) in [4.78, 5) is 17.8. The van der Waals surface area contributed by atoms with Crippen LogP contribution in [0.3, 0.4) is 0 Å². The van der Waals surface area contributed by atoms with Gasteiger partial charge in [-0.1, -0.05) is 18.2 Å². The van der Waals surface area contributed by atoms with Crippen molar-refractivity contribution in [1.82, 2.24) is 9.66 Å². The van der Waals surface area contributed by atoms with Gasteiger partial charge in [-0.3, -0.25) is 4.79 Å². The smallest absolute Gasteiger partial charge is 0.282 e. The molecule has 7 heteroatoms. The molecule has 0 fully saturated rings. The summed E-state index contributed by atoms with van der Waals surface area (Å²) in [5.74, 6) is 1.88. The van der Waals surface area contributed by atoms with Gasteiger partial charge in [0.2, 0.25) is 5.82 Å². The van der Waals surface area contributed by atoms with E-state index in [2.05, 4.69) is 10.1 Å². The molecule has 0 saturated carbocycles. The molecule has 3 aromatic heterocycles. The van der Waals surface area contributed by atoms with E-state index in [-0.39, 0.29) is 11.4 Å². The summed E-state index contributed by atoms with van der Waals surface area (Å²) >= 11 is 0. The van der Waals surface area contributed by atoms with E-state index >= 15 is 0 Å². The van der Waals surface area contributed by atoms with Gasteiger partial charge < -0.3 is 13.6 Å². The highest BCUT2D eigenvalue weighted by molar-refractivity contribution is 5.88. The maximum atomic E-state index is 13.1. The molecule has 0 saturated heterocycles. The first-order valence-electron chi connectivity index (χ1n) is 8.91. The molecule has 0 bridgehead atoms. The van der Waals surface area contributed by atoms with E-state index in [4.69, 9.17) is 13.6 Å². The highest BCUT2D eigenvalue weighted by Crippen LogP contribution is 2.32. The average Bonchev–Trinajstić information content (AvgIpc) is 3.42. The van der Waals surface area contributed by atoms with Gasteiger partial charge in [-0.2, -0.15) is 9.78 Å². The molecule has 3 heterocycles. The van der Waals surface area contributed by atoms with Crippen molar-refractivity contribution in [3.05, 3.63) is 83.0 Å². The van der Waals surface area contributed by atoms with Crippen molar-refractivity contribution in [3.8, 4) is 17.3 Å². The lowest BCUT2D eigenvalue weighted by atomic mass is 10.2. The molecule has 0 spiro atoms. The highest BCUT2D eigenvalue weighted by Gasteiger charge is 2.17. The van der Waals surface area contributed by atoms with Crippen LogP contribution in [0.1, 0.15) is 5.76 Å². The summed E-state index contributed by atoms with van der Waals surface area (Å²) in [7, 11) is 1.60. The Morgan fingerprint density at radius 3 is 2.79 bits per heavy atom. The Morgan fingerprint density at radius 2 is 1.97 bits per heavy atom. The molecule has 142 valence electrons. The van der Waals surface area contributed by atoms with E-state index in [1.54, 1.807) is 43.5 Å². The largest absolute Gasteiger partial charge is 0.496 e. The summed E-state index contributed by atoms with van der Waals surface area (Å²) in [6.07, 6.45) is 3.00. The van der Waals surface area contributed by atoms with Crippen LogP contribution in [0, 0.1) is 0 Å². The second kappa shape index (κ2) is 6.79. The first-order chi connectivity index (χ1) is 14.2. The van der Waals surface area contributed by atoms with E-state index < -0.39 is 0 Å². The van der Waals surface area contributed by atoms with E-state index in [1.807, 2.05) is 24.3 Å². The Balaban J connectivity index is 1.78. The Morgan fingerprint density at radius 1 is 1.07 bits per heavy atom. The molecule has 0 atom stereocenters. The maximum absolute atomic E-state index is 13.1. The fourth-order valence-electron chi connectivity index (χ4n) is 3.19. The van der Waals surface area contributed by atoms with Crippen LogP contribution in [0.25, 0.3) is 33.5 Å². The zero-order chi connectivity index (χ0) is 19.8. The third-order valence-electron chi connectivity index (χ3n) is 4.56. The number of furan rings is 2. The molecule has 0 aliphatic heterocycles. The van der Waals surface area contributed by atoms with Crippen LogP contribution in [0.2, 0.25) is 0 Å². The van der Waals surface area contributed by atoms with Gasteiger partial charge in [0, 0.05) is 0 Å². The fourth-order valence-corrected chi connectivity index (χ4v) is 3.19. The first kappa shape index (κ1) is 17.0. The molecule has 5 rings (SSSR count). The molecule has 7 nitrogen and oxygen atoms in total. The molecule has 0 radical (unpaired) electrons. The van der Waals surface area contributed by atoms with E-state index in [0.29, 0.717) is 33.8 Å². The Bertz CT molecular complexity index is 1410. The van der Waals surface area contributed by atoms with Crippen molar-refractivity contribution in [2.24, 2.45) is 5.10 Å². The SMILES string of the molecule is COc1cccc2oc(-c3nc4ccccc4c(=O)n3N=Cc3ccco3)cc12. The van der Waals surface area contributed by atoms with E-state index in [0.717, 1.165) is 5.39 Å². The van der Waals surface area contributed by atoms with Gasteiger partial charge in [-0.15, -0.1) is 0 Å². The summed E-state index contributed by atoms with van der Waals surface area (Å²) in [6, 6.07) is 17.9. The van der Waals surface area contributed by atoms with Crippen LogP contribution in [0.5, 0.6) is 5.75 Å². The molecule has 29 heavy (non-hydrogen) atoms. The number of rotatable bonds is 4. The predicted octanol–water partition coefficient (Wildman–Crippen LogP) is 4.29. The number of hydrogen-bond acceptors (Lipinski definition) is 6. The number of hydrogen-bond donors (Lipinski definition) is 0. The van der Waals surface area contributed by atoms with Gasteiger partial charge in [0.1, 0.15) is 17.1 Å². The second-order valence-corrected chi connectivity index (χ2v) is 6.31. The summed E-state index contributed by atoms with van der Waals surface area (Å²) in [5, 5.41) is 5.56. The minimum Gasteiger partial charge on any atom is -0.496 e. The van der Waals surface area contributed by atoms with Crippen molar-refractivity contribution in [2.75, 3.05) is 7.11 Å². The molecule has 0 N–H and O–H groups in total. The number of aromatic nitrogens is 2. The van der Waals surface area contributed by atoms with Crippen molar-refractivity contribution in [1.29, 1.82) is 0 Å². The van der Waals surface area contributed by atoms with Gasteiger partial charge in [-0.05, 0) is 42.5 Å². The van der Waals surface area contributed by atoms with Crippen LogP contribution < -0.4 is 10.3 Å². The van der Waals surface area contributed by atoms with E-state index in [1.165, 1.54) is 17.2 Å². The van der Waals surface area contributed by atoms with Gasteiger partial charge in [0.05, 0.1) is 35.9 Å². The fraction of sp³-hybridized carbons (Fsp3) is 0.0455. The number of methoxy groups -OCH3 is 1. The summed E-state index contributed by atoms with van der Waals surface area (Å²) in [5.41, 5.74) is 0.883. The van der Waals surface area contributed by atoms with Gasteiger partial charge in [0.25, 0.3) is 5.56 Å². The third kappa shape index (κ3) is 2.89. The molecule has 0 aliphatic rings. The van der Waals surface area contributed by atoms with Crippen molar-refractivity contribution in [2.45, 2.75) is 0 Å². The topological polar surface area (TPSA) is 82.8 Å². The molecule has 2 aromatic carbocycles. The molecule has 0 amide bonds. The predicted molar refractivity (Wildman–Crippen MR) is 109 cm³/mol. The number of nitrogens with zero attached hydrogens (tertiary/aromatic N) is 3. The minimum atomic E-state index is -0.305. The Labute approximate surface area is 164 Å². The molecular weight excluding hydrogens is 370 g/mol. The maximum Gasteiger partial charge on any atom is 0.282 e. The van der Waals surface area contributed by atoms with Crippen molar-refractivity contribution in [3.63, 3.8) is 0 Å². The zero-order valence-corrected chi connectivity index (χ0v) is 15.4. The summed E-state index contributed by atoms with van der Waals surface area (Å²) < 4.78 is 17.9. The van der Waals surface area contributed by atoms with Crippen molar-refractivity contribution >= 4 is 28.1 Å². The lowest BCUT2D eigenvalue weighted by Crippen LogP contribution is -2.20.